The van der Waals surface area contributed by atoms with E-state index < -0.39 is 18.0 Å². The Morgan fingerprint density at radius 3 is 2.67 bits per heavy atom. The lowest BCUT2D eigenvalue weighted by Gasteiger charge is -2.19. The van der Waals surface area contributed by atoms with Gasteiger partial charge in [0.2, 0.25) is 5.88 Å². The molecule has 0 fully saturated rings. The first kappa shape index (κ1) is 29.9. The molecule has 6 rings (SSSR count). The van der Waals surface area contributed by atoms with E-state index in [2.05, 4.69) is 25.3 Å². The van der Waals surface area contributed by atoms with Gasteiger partial charge in [0.15, 0.2) is 17.7 Å². The minimum absolute atomic E-state index is 0.000607. The van der Waals surface area contributed by atoms with Crippen LogP contribution in [0, 0.1) is 12.7 Å². The van der Waals surface area contributed by atoms with Crippen molar-refractivity contribution in [2.75, 3.05) is 25.6 Å². The third-order valence-corrected chi connectivity index (χ3v) is 7.72. The Balaban J connectivity index is 1.20. The van der Waals surface area contributed by atoms with Gasteiger partial charge in [0.25, 0.3) is 0 Å². The molecule has 10 nitrogen and oxygen atoms in total. The molecule has 228 valence electrons. The number of ether oxygens (including phenoxy) is 4. The summed E-state index contributed by atoms with van der Waals surface area (Å²) in [4.78, 5) is 30.3. The van der Waals surface area contributed by atoms with Crippen LogP contribution in [0.25, 0.3) is 31.8 Å². The van der Waals surface area contributed by atoms with E-state index >= 15 is 4.39 Å². The number of anilines is 1. The summed E-state index contributed by atoms with van der Waals surface area (Å²) in [5.41, 5.74) is 5.00. The summed E-state index contributed by atoms with van der Waals surface area (Å²) in [5.74, 6) is -0.183. The van der Waals surface area contributed by atoms with Gasteiger partial charge in [0.1, 0.15) is 11.6 Å². The van der Waals surface area contributed by atoms with Crippen molar-refractivity contribution in [3.63, 3.8) is 0 Å². The van der Waals surface area contributed by atoms with E-state index in [0.29, 0.717) is 44.4 Å². The second-order valence-corrected chi connectivity index (χ2v) is 11.1. The monoisotopic (exact) mass is 625 g/mol. The molecule has 0 radical (unpaired) electrons. The predicted octanol–water partition coefficient (Wildman–Crippen LogP) is 6.97. The van der Waals surface area contributed by atoms with E-state index in [0.717, 1.165) is 16.7 Å². The maximum atomic E-state index is 15.3. The fourth-order valence-electron chi connectivity index (χ4n) is 4.58. The maximum Gasteiger partial charge on any atom is 0.412 e. The maximum absolute atomic E-state index is 15.3. The number of amides is 1. The van der Waals surface area contributed by atoms with Crippen molar-refractivity contribution >= 4 is 44.4 Å². The van der Waals surface area contributed by atoms with Crippen molar-refractivity contribution in [2.45, 2.75) is 19.6 Å². The van der Waals surface area contributed by atoms with Crippen LogP contribution in [-0.4, -0.2) is 52.5 Å². The zero-order chi connectivity index (χ0) is 31.2. The average Bonchev–Trinajstić information content (AvgIpc) is 3.46. The highest BCUT2D eigenvalue weighted by molar-refractivity contribution is 7.21. The average molecular weight is 626 g/mol. The third kappa shape index (κ3) is 7.31. The van der Waals surface area contributed by atoms with Crippen molar-refractivity contribution in [3.05, 3.63) is 102 Å². The van der Waals surface area contributed by atoms with E-state index in [1.807, 2.05) is 49.4 Å². The standard InChI is InChI=1S/C33H28FN5O5S/c1-20-11-24(31-27(12-20)38-30(41-2)16-36-31)32-39-26-13-25(34)28(14-29(26)45-32)43-19-23(18-42-17-21-7-4-3-5-8-21)44-33(40)37-22-9-6-10-35-15-22/h3-16,23H,17-19H2,1-2H3,(H,37,40). The Hall–Kier alpha value is -5.20. The minimum Gasteiger partial charge on any atom is -0.486 e. The molecule has 1 amide bonds. The van der Waals surface area contributed by atoms with Crippen LogP contribution in [0.2, 0.25) is 0 Å². The highest BCUT2D eigenvalue weighted by Crippen LogP contribution is 2.37. The number of nitrogens with one attached hydrogen (secondary N) is 1. The molecule has 0 aliphatic heterocycles. The summed E-state index contributed by atoms with van der Waals surface area (Å²) in [6.07, 6.45) is 3.09. The van der Waals surface area contributed by atoms with Crippen LogP contribution >= 0.6 is 11.3 Å². The van der Waals surface area contributed by atoms with Crippen LogP contribution in [0.4, 0.5) is 14.9 Å². The van der Waals surface area contributed by atoms with Crippen molar-refractivity contribution in [3.8, 4) is 22.2 Å². The number of halogens is 1. The van der Waals surface area contributed by atoms with E-state index in [1.54, 1.807) is 30.6 Å². The number of rotatable bonds is 11. The van der Waals surface area contributed by atoms with Crippen molar-refractivity contribution in [2.24, 2.45) is 0 Å². The zero-order valence-electron chi connectivity index (χ0n) is 24.4. The second-order valence-electron chi connectivity index (χ2n) is 10.1. The molecule has 0 aliphatic carbocycles. The number of thiazole rings is 1. The number of pyridine rings is 1. The highest BCUT2D eigenvalue weighted by Gasteiger charge is 2.20. The van der Waals surface area contributed by atoms with Crippen LogP contribution in [0.15, 0.2) is 85.3 Å². The van der Waals surface area contributed by atoms with Gasteiger partial charge >= 0.3 is 6.09 Å². The normalized spacial score (nSPS) is 11.8. The summed E-state index contributed by atoms with van der Waals surface area (Å²) < 4.78 is 38.5. The lowest BCUT2D eigenvalue weighted by Crippen LogP contribution is -2.32. The number of hydrogen-bond acceptors (Lipinski definition) is 10. The van der Waals surface area contributed by atoms with Crippen molar-refractivity contribution in [1.82, 2.24) is 19.9 Å². The first-order valence-electron chi connectivity index (χ1n) is 14.0. The number of benzene rings is 3. The van der Waals surface area contributed by atoms with Gasteiger partial charge in [0.05, 0.1) is 59.7 Å². The number of aryl methyl sites for hydroxylation is 1. The molecule has 0 bridgehead atoms. The van der Waals surface area contributed by atoms with E-state index in [1.165, 1.54) is 30.7 Å². The molecular formula is C33H28FN5O5S. The predicted molar refractivity (Wildman–Crippen MR) is 169 cm³/mol. The van der Waals surface area contributed by atoms with Crippen molar-refractivity contribution in [1.29, 1.82) is 0 Å². The Bertz CT molecular complexity index is 1940. The van der Waals surface area contributed by atoms with E-state index in [9.17, 15) is 4.79 Å². The smallest absolute Gasteiger partial charge is 0.412 e. The molecule has 3 aromatic carbocycles. The molecule has 3 aromatic heterocycles. The highest BCUT2D eigenvalue weighted by atomic mass is 32.1. The molecule has 1 N–H and O–H groups in total. The lowest BCUT2D eigenvalue weighted by atomic mass is 10.1. The molecule has 3 heterocycles. The van der Waals surface area contributed by atoms with Gasteiger partial charge < -0.3 is 18.9 Å². The second kappa shape index (κ2) is 13.6. The first-order chi connectivity index (χ1) is 21.9. The number of fused-ring (bicyclic) bond motifs is 2. The molecule has 1 unspecified atom stereocenters. The van der Waals surface area contributed by atoms with Gasteiger partial charge in [-0.05, 0) is 42.3 Å². The number of nitrogens with zero attached hydrogens (tertiary/aromatic N) is 4. The molecule has 1 atom stereocenters. The number of methoxy groups -OCH3 is 1. The number of aromatic nitrogens is 4. The molecule has 12 heteroatoms. The van der Waals surface area contributed by atoms with Crippen LogP contribution in [0.1, 0.15) is 11.1 Å². The molecule has 6 aromatic rings. The Labute approximate surface area is 261 Å². The largest absolute Gasteiger partial charge is 0.486 e. The van der Waals surface area contributed by atoms with Crippen molar-refractivity contribution < 1.29 is 28.1 Å². The lowest BCUT2D eigenvalue weighted by molar-refractivity contribution is -0.00315. The van der Waals surface area contributed by atoms with Gasteiger partial charge in [-0.2, -0.15) is 0 Å². The van der Waals surface area contributed by atoms with Gasteiger partial charge in [0, 0.05) is 23.9 Å². The topological polar surface area (TPSA) is 118 Å². The summed E-state index contributed by atoms with van der Waals surface area (Å²) in [6, 6.07) is 19.8. The molecular weight excluding hydrogens is 597 g/mol. The minimum atomic E-state index is -0.841. The summed E-state index contributed by atoms with van der Waals surface area (Å²) in [6.45, 7) is 2.14. The fraction of sp³-hybridized carbons (Fsp3) is 0.182. The third-order valence-electron chi connectivity index (χ3n) is 6.67. The Kier molecular flexibility index (Phi) is 9.04. The van der Waals surface area contributed by atoms with Gasteiger partial charge in [-0.15, -0.1) is 11.3 Å². The van der Waals surface area contributed by atoms with Crippen LogP contribution < -0.4 is 14.8 Å². The van der Waals surface area contributed by atoms with Crippen LogP contribution in [-0.2, 0) is 16.1 Å². The quantitative estimate of drug-likeness (QED) is 0.163. The number of carbonyl (C=O) groups is 1. The van der Waals surface area contributed by atoms with E-state index in [-0.39, 0.29) is 19.0 Å². The molecule has 0 aliphatic rings. The fourth-order valence-corrected chi connectivity index (χ4v) is 5.57. The van der Waals surface area contributed by atoms with Gasteiger partial charge in [-0.3, -0.25) is 10.3 Å². The summed E-state index contributed by atoms with van der Waals surface area (Å²) in [5, 5.41) is 3.29. The van der Waals surface area contributed by atoms with E-state index in [4.69, 9.17) is 18.9 Å². The van der Waals surface area contributed by atoms with Crippen LogP contribution in [0.3, 0.4) is 0 Å². The summed E-state index contributed by atoms with van der Waals surface area (Å²) in [7, 11) is 1.54. The Morgan fingerprint density at radius 2 is 1.87 bits per heavy atom. The van der Waals surface area contributed by atoms with Gasteiger partial charge in [-0.1, -0.05) is 30.3 Å². The number of carbonyl (C=O) groups excluding carboxylic acids is 1. The van der Waals surface area contributed by atoms with Crippen LogP contribution in [0.5, 0.6) is 11.6 Å². The molecule has 0 saturated carbocycles. The molecule has 0 spiro atoms. The Morgan fingerprint density at radius 1 is 1.00 bits per heavy atom. The zero-order valence-corrected chi connectivity index (χ0v) is 25.2. The SMILES string of the molecule is COc1cnc2c(-c3nc4cc(F)c(OCC(COCc5ccccc5)OC(=O)Nc5cccnc5)cc4s3)cc(C)cc2n1. The number of hydrogen-bond donors (Lipinski definition) is 1. The summed E-state index contributed by atoms with van der Waals surface area (Å²) >= 11 is 1.38. The first-order valence-corrected chi connectivity index (χ1v) is 14.8. The molecule has 45 heavy (non-hydrogen) atoms. The van der Waals surface area contributed by atoms with Gasteiger partial charge in [-0.25, -0.2) is 24.1 Å². The molecule has 0 saturated heterocycles.